The maximum atomic E-state index is 11.6. The van der Waals surface area contributed by atoms with Gasteiger partial charge in [-0.15, -0.1) is 0 Å². The Morgan fingerprint density at radius 3 is 3.00 bits per heavy atom. The highest BCUT2D eigenvalue weighted by molar-refractivity contribution is 5.94. The Bertz CT molecular complexity index is 416. The van der Waals surface area contributed by atoms with Gasteiger partial charge in [-0.2, -0.15) is 5.26 Å². The zero-order valence-corrected chi connectivity index (χ0v) is 8.36. The average Bonchev–Trinajstić information content (AvgIpc) is 3.10. The Hall–Kier alpha value is -1.82. The van der Waals surface area contributed by atoms with Gasteiger partial charge in [0.2, 0.25) is 0 Å². The highest BCUT2D eigenvalue weighted by Gasteiger charge is 2.21. The van der Waals surface area contributed by atoms with E-state index in [0.717, 1.165) is 6.54 Å². The monoisotopic (exact) mass is 200 g/mol. The summed E-state index contributed by atoms with van der Waals surface area (Å²) in [5.74, 6) is 0.590. The number of rotatable bonds is 3. The lowest BCUT2D eigenvalue weighted by atomic mass is 10.1. The van der Waals surface area contributed by atoms with E-state index in [4.69, 9.17) is 5.26 Å². The summed E-state index contributed by atoms with van der Waals surface area (Å²) < 4.78 is 0. The molecule has 1 aromatic carbocycles. The molecule has 0 heterocycles. The molecule has 2 rings (SSSR count). The summed E-state index contributed by atoms with van der Waals surface area (Å²) in [6.45, 7) is 0.760. The Morgan fingerprint density at radius 1 is 1.53 bits per heavy atom. The highest BCUT2D eigenvalue weighted by Crippen LogP contribution is 2.27. The lowest BCUT2D eigenvalue weighted by Crippen LogP contribution is -2.25. The van der Waals surface area contributed by atoms with Gasteiger partial charge in [-0.05, 0) is 37.0 Å². The average molecular weight is 200 g/mol. The molecule has 3 nitrogen and oxygen atoms in total. The molecular weight excluding hydrogens is 188 g/mol. The molecule has 1 saturated carbocycles. The van der Waals surface area contributed by atoms with Crippen LogP contribution in [0.4, 0.5) is 0 Å². The highest BCUT2D eigenvalue weighted by atomic mass is 16.1. The first-order valence-corrected chi connectivity index (χ1v) is 5.08. The van der Waals surface area contributed by atoms with Crippen molar-refractivity contribution in [1.29, 1.82) is 5.26 Å². The molecule has 1 aliphatic rings. The number of amides is 1. The summed E-state index contributed by atoms with van der Waals surface area (Å²) >= 11 is 0. The molecule has 76 valence electrons. The summed E-state index contributed by atoms with van der Waals surface area (Å²) in [5.41, 5.74) is 1.09. The van der Waals surface area contributed by atoms with Crippen LogP contribution in [0.15, 0.2) is 24.3 Å². The fourth-order valence-corrected chi connectivity index (χ4v) is 1.39. The largest absolute Gasteiger partial charge is 0.352 e. The van der Waals surface area contributed by atoms with Crippen LogP contribution in [-0.4, -0.2) is 12.5 Å². The SMILES string of the molecule is N#Cc1cccc(C(=O)NCC2CC2)c1. The third kappa shape index (κ3) is 2.57. The van der Waals surface area contributed by atoms with Crippen molar-refractivity contribution in [3.05, 3.63) is 35.4 Å². The summed E-state index contributed by atoms with van der Waals surface area (Å²) in [6, 6.07) is 8.78. The van der Waals surface area contributed by atoms with Gasteiger partial charge in [-0.1, -0.05) is 6.07 Å². The van der Waals surface area contributed by atoms with Gasteiger partial charge in [0.25, 0.3) is 5.91 Å². The molecule has 0 bridgehead atoms. The van der Waals surface area contributed by atoms with Crippen LogP contribution in [0.3, 0.4) is 0 Å². The second kappa shape index (κ2) is 4.14. The molecule has 3 heteroatoms. The molecular formula is C12H12N2O. The molecule has 0 aromatic heterocycles. The number of hydrogen-bond acceptors (Lipinski definition) is 2. The van der Waals surface area contributed by atoms with E-state index in [0.29, 0.717) is 17.0 Å². The molecule has 0 radical (unpaired) electrons. The van der Waals surface area contributed by atoms with Crippen LogP contribution in [0.25, 0.3) is 0 Å². The van der Waals surface area contributed by atoms with Crippen LogP contribution in [0, 0.1) is 17.2 Å². The molecule has 0 spiro atoms. The van der Waals surface area contributed by atoms with E-state index in [1.807, 2.05) is 6.07 Å². The van der Waals surface area contributed by atoms with Crippen LogP contribution < -0.4 is 5.32 Å². The first-order chi connectivity index (χ1) is 7.29. The molecule has 1 amide bonds. The topological polar surface area (TPSA) is 52.9 Å². The third-order valence-corrected chi connectivity index (χ3v) is 2.50. The molecule has 0 saturated heterocycles. The van der Waals surface area contributed by atoms with Crippen molar-refractivity contribution in [2.75, 3.05) is 6.54 Å². The molecule has 15 heavy (non-hydrogen) atoms. The summed E-state index contributed by atoms with van der Waals surface area (Å²) in [6.07, 6.45) is 2.44. The fraction of sp³-hybridized carbons (Fsp3) is 0.333. The second-order valence-electron chi connectivity index (χ2n) is 3.85. The van der Waals surface area contributed by atoms with Crippen LogP contribution in [0.1, 0.15) is 28.8 Å². The summed E-state index contributed by atoms with van der Waals surface area (Å²) in [5, 5.41) is 11.6. The van der Waals surface area contributed by atoms with Crippen LogP contribution in [0.2, 0.25) is 0 Å². The fourth-order valence-electron chi connectivity index (χ4n) is 1.39. The van der Waals surface area contributed by atoms with Gasteiger partial charge < -0.3 is 5.32 Å². The molecule has 1 aliphatic carbocycles. The maximum absolute atomic E-state index is 11.6. The Morgan fingerprint density at radius 2 is 2.33 bits per heavy atom. The zero-order chi connectivity index (χ0) is 10.7. The van der Waals surface area contributed by atoms with Crippen molar-refractivity contribution in [2.45, 2.75) is 12.8 Å². The third-order valence-electron chi connectivity index (χ3n) is 2.50. The van der Waals surface area contributed by atoms with Crippen molar-refractivity contribution >= 4 is 5.91 Å². The Balaban J connectivity index is 2.00. The quantitative estimate of drug-likeness (QED) is 0.807. The van der Waals surface area contributed by atoms with E-state index < -0.39 is 0 Å². The van der Waals surface area contributed by atoms with Gasteiger partial charge in [-0.3, -0.25) is 4.79 Å². The number of nitrogens with zero attached hydrogens (tertiary/aromatic N) is 1. The van der Waals surface area contributed by atoms with Gasteiger partial charge in [0.15, 0.2) is 0 Å². The number of nitriles is 1. The van der Waals surface area contributed by atoms with E-state index in [1.165, 1.54) is 12.8 Å². The van der Waals surface area contributed by atoms with E-state index in [-0.39, 0.29) is 5.91 Å². The molecule has 0 aliphatic heterocycles. The van der Waals surface area contributed by atoms with Crippen molar-refractivity contribution in [1.82, 2.24) is 5.32 Å². The van der Waals surface area contributed by atoms with Crippen molar-refractivity contribution in [3.63, 3.8) is 0 Å². The summed E-state index contributed by atoms with van der Waals surface area (Å²) in [7, 11) is 0. The van der Waals surface area contributed by atoms with Gasteiger partial charge >= 0.3 is 0 Å². The number of benzene rings is 1. The number of carbonyl (C=O) groups excluding carboxylic acids is 1. The van der Waals surface area contributed by atoms with Crippen LogP contribution in [0.5, 0.6) is 0 Å². The molecule has 1 fully saturated rings. The van der Waals surface area contributed by atoms with Crippen molar-refractivity contribution < 1.29 is 4.79 Å². The normalized spacial score (nSPS) is 14.3. The van der Waals surface area contributed by atoms with E-state index in [2.05, 4.69) is 5.32 Å². The van der Waals surface area contributed by atoms with Crippen LogP contribution >= 0.6 is 0 Å². The lowest BCUT2D eigenvalue weighted by Gasteiger charge is -2.03. The summed E-state index contributed by atoms with van der Waals surface area (Å²) in [4.78, 5) is 11.6. The molecule has 0 atom stereocenters. The predicted molar refractivity (Wildman–Crippen MR) is 56.2 cm³/mol. The van der Waals surface area contributed by atoms with Crippen molar-refractivity contribution in [3.8, 4) is 6.07 Å². The first kappa shape index (κ1) is 9.72. The van der Waals surface area contributed by atoms with E-state index in [1.54, 1.807) is 24.3 Å². The first-order valence-electron chi connectivity index (χ1n) is 5.08. The van der Waals surface area contributed by atoms with E-state index in [9.17, 15) is 4.79 Å². The minimum Gasteiger partial charge on any atom is -0.352 e. The molecule has 1 aromatic rings. The number of nitrogens with one attached hydrogen (secondary N) is 1. The standard InChI is InChI=1S/C12H12N2O/c13-7-10-2-1-3-11(6-10)12(15)14-8-9-4-5-9/h1-3,6,9H,4-5,8H2,(H,14,15). The van der Waals surface area contributed by atoms with Gasteiger partial charge in [0, 0.05) is 12.1 Å². The molecule has 0 unspecified atom stereocenters. The lowest BCUT2D eigenvalue weighted by molar-refractivity contribution is 0.0952. The number of carbonyl (C=O) groups is 1. The zero-order valence-electron chi connectivity index (χ0n) is 8.36. The van der Waals surface area contributed by atoms with Crippen LogP contribution in [-0.2, 0) is 0 Å². The van der Waals surface area contributed by atoms with Gasteiger partial charge in [0.1, 0.15) is 0 Å². The Kier molecular flexibility index (Phi) is 2.68. The smallest absolute Gasteiger partial charge is 0.251 e. The number of hydrogen-bond donors (Lipinski definition) is 1. The van der Waals surface area contributed by atoms with Gasteiger partial charge in [0.05, 0.1) is 11.6 Å². The molecule has 1 N–H and O–H groups in total. The second-order valence-corrected chi connectivity index (χ2v) is 3.85. The van der Waals surface area contributed by atoms with Gasteiger partial charge in [-0.25, -0.2) is 0 Å². The maximum Gasteiger partial charge on any atom is 0.251 e. The van der Waals surface area contributed by atoms with E-state index >= 15 is 0 Å². The Labute approximate surface area is 88.7 Å². The minimum atomic E-state index is -0.0843. The van der Waals surface area contributed by atoms with Crippen molar-refractivity contribution in [2.24, 2.45) is 5.92 Å². The minimum absolute atomic E-state index is 0.0843. The predicted octanol–water partition coefficient (Wildman–Crippen LogP) is 1.70.